The first-order valence-corrected chi connectivity index (χ1v) is 9.86. The van der Waals surface area contributed by atoms with Crippen LogP contribution in [-0.2, 0) is 22.6 Å². The van der Waals surface area contributed by atoms with Gasteiger partial charge in [-0.3, -0.25) is 9.78 Å². The molecule has 7 nitrogen and oxygen atoms in total. The lowest BCUT2D eigenvalue weighted by atomic mass is 10.0. The zero-order valence-corrected chi connectivity index (χ0v) is 16.5. The van der Waals surface area contributed by atoms with E-state index in [0.29, 0.717) is 24.7 Å². The summed E-state index contributed by atoms with van der Waals surface area (Å²) in [7, 11) is 0. The summed E-state index contributed by atoms with van der Waals surface area (Å²) < 4.78 is 11.3. The molecule has 1 aliphatic heterocycles. The lowest BCUT2D eigenvalue weighted by Gasteiger charge is -2.32. The van der Waals surface area contributed by atoms with Crippen LogP contribution in [0.15, 0.2) is 53.3 Å². The van der Waals surface area contributed by atoms with Gasteiger partial charge in [0.15, 0.2) is 0 Å². The Balaban J connectivity index is 1.31. The molecule has 1 amide bonds. The predicted molar refractivity (Wildman–Crippen MR) is 107 cm³/mol. The first-order valence-electron chi connectivity index (χ1n) is 9.86. The molecule has 3 heterocycles. The number of piperidine rings is 1. The molecular weight excluding hydrogens is 368 g/mol. The van der Waals surface area contributed by atoms with Crippen LogP contribution in [0, 0.1) is 6.92 Å². The number of carbonyl (C=O) groups excluding carboxylic acids is 1. The summed E-state index contributed by atoms with van der Waals surface area (Å²) in [5.74, 6) is 1.09. The third-order valence-corrected chi connectivity index (χ3v) is 5.18. The van der Waals surface area contributed by atoms with Gasteiger partial charge in [0, 0.05) is 31.0 Å². The summed E-state index contributed by atoms with van der Waals surface area (Å²) in [6.45, 7) is 3.64. The molecule has 0 aliphatic carbocycles. The van der Waals surface area contributed by atoms with E-state index in [1.165, 1.54) is 0 Å². The Morgan fingerprint density at radius 2 is 2.07 bits per heavy atom. The van der Waals surface area contributed by atoms with Gasteiger partial charge in [0.2, 0.25) is 11.7 Å². The fourth-order valence-electron chi connectivity index (χ4n) is 3.50. The van der Waals surface area contributed by atoms with Gasteiger partial charge >= 0.3 is 0 Å². The molecule has 1 unspecified atom stereocenters. The smallest absolute Gasteiger partial charge is 0.252 e. The summed E-state index contributed by atoms with van der Waals surface area (Å²) in [5, 5.41) is 3.99. The lowest BCUT2D eigenvalue weighted by molar-refractivity contribution is -0.135. The molecule has 0 bridgehead atoms. The molecule has 0 radical (unpaired) electrons. The molecule has 150 valence electrons. The van der Waals surface area contributed by atoms with Crippen LogP contribution >= 0.6 is 0 Å². The van der Waals surface area contributed by atoms with E-state index in [0.717, 1.165) is 36.1 Å². The Bertz CT molecular complexity index is 957. The van der Waals surface area contributed by atoms with Crippen molar-refractivity contribution in [1.29, 1.82) is 0 Å². The number of hydrogen-bond donors (Lipinski definition) is 0. The van der Waals surface area contributed by atoms with Gasteiger partial charge in [0.1, 0.15) is 6.61 Å². The van der Waals surface area contributed by atoms with Crippen molar-refractivity contribution >= 4 is 5.91 Å². The van der Waals surface area contributed by atoms with Crippen LogP contribution in [0.1, 0.15) is 29.9 Å². The minimum atomic E-state index is -0.0270. The average molecular weight is 392 g/mol. The number of likely N-dealkylation sites (tertiary alicyclic amines) is 1. The van der Waals surface area contributed by atoms with Crippen LogP contribution in [-0.4, -0.2) is 45.1 Å². The number of hydrogen-bond acceptors (Lipinski definition) is 6. The molecule has 0 spiro atoms. The summed E-state index contributed by atoms with van der Waals surface area (Å²) in [5.41, 5.74) is 3.07. The van der Waals surface area contributed by atoms with Crippen LogP contribution in [0.4, 0.5) is 0 Å². The average Bonchev–Trinajstić information content (AvgIpc) is 3.24. The number of rotatable bonds is 6. The van der Waals surface area contributed by atoms with Crippen molar-refractivity contribution in [1.82, 2.24) is 20.0 Å². The molecular formula is C22H24N4O3. The SMILES string of the molecule is Cc1ccccc1CC(=O)N1CCCC(OCc2nc(-c3ccncc3)no2)C1. The van der Waals surface area contributed by atoms with Crippen LogP contribution in [0.5, 0.6) is 0 Å². The first kappa shape index (κ1) is 19.3. The largest absolute Gasteiger partial charge is 0.367 e. The Labute approximate surface area is 169 Å². The number of aromatic nitrogens is 3. The highest BCUT2D eigenvalue weighted by Crippen LogP contribution is 2.19. The number of nitrogens with zero attached hydrogens (tertiary/aromatic N) is 4. The molecule has 1 fully saturated rings. The summed E-state index contributed by atoms with van der Waals surface area (Å²) in [6, 6.07) is 11.7. The third-order valence-electron chi connectivity index (χ3n) is 5.18. The number of aryl methyl sites for hydroxylation is 1. The quantitative estimate of drug-likeness (QED) is 0.641. The van der Waals surface area contributed by atoms with E-state index in [9.17, 15) is 4.79 Å². The standard InChI is InChI=1S/C22H24N4O3/c1-16-5-2-3-6-18(16)13-21(27)26-12-4-7-19(14-26)28-15-20-24-22(25-29-20)17-8-10-23-11-9-17/h2-3,5-6,8-11,19H,4,7,12-15H2,1H3. The molecule has 29 heavy (non-hydrogen) atoms. The Morgan fingerprint density at radius 1 is 1.24 bits per heavy atom. The molecule has 1 aliphatic rings. The number of ether oxygens (including phenoxy) is 1. The van der Waals surface area contributed by atoms with Gasteiger partial charge in [-0.25, -0.2) is 0 Å². The number of benzene rings is 1. The third kappa shape index (κ3) is 4.86. The molecule has 1 saturated heterocycles. The highest BCUT2D eigenvalue weighted by Gasteiger charge is 2.25. The second-order valence-electron chi connectivity index (χ2n) is 7.27. The molecule has 0 saturated carbocycles. The molecule has 1 atom stereocenters. The Morgan fingerprint density at radius 3 is 2.90 bits per heavy atom. The van der Waals surface area contributed by atoms with Crippen molar-refractivity contribution in [2.75, 3.05) is 13.1 Å². The van der Waals surface area contributed by atoms with Gasteiger partial charge < -0.3 is 14.2 Å². The first-order chi connectivity index (χ1) is 14.2. The number of pyridine rings is 1. The highest BCUT2D eigenvalue weighted by molar-refractivity contribution is 5.79. The predicted octanol–water partition coefficient (Wildman–Crippen LogP) is 3.19. The second kappa shape index (κ2) is 8.96. The number of carbonyl (C=O) groups is 1. The van der Waals surface area contributed by atoms with Gasteiger partial charge in [0.25, 0.3) is 5.89 Å². The van der Waals surface area contributed by atoms with Crippen LogP contribution in [0.3, 0.4) is 0 Å². The van der Waals surface area contributed by atoms with E-state index in [1.807, 2.05) is 48.2 Å². The van der Waals surface area contributed by atoms with Crippen molar-refractivity contribution in [3.8, 4) is 11.4 Å². The van der Waals surface area contributed by atoms with Crippen molar-refractivity contribution < 1.29 is 14.1 Å². The zero-order chi connectivity index (χ0) is 20.1. The lowest BCUT2D eigenvalue weighted by Crippen LogP contribution is -2.43. The molecule has 1 aromatic carbocycles. The zero-order valence-electron chi connectivity index (χ0n) is 16.5. The topological polar surface area (TPSA) is 81.4 Å². The minimum absolute atomic E-state index is 0.0270. The van der Waals surface area contributed by atoms with Gasteiger partial charge in [-0.2, -0.15) is 4.98 Å². The molecule has 2 aromatic heterocycles. The van der Waals surface area contributed by atoms with E-state index < -0.39 is 0 Å². The van der Waals surface area contributed by atoms with Gasteiger partial charge in [-0.1, -0.05) is 29.4 Å². The van der Waals surface area contributed by atoms with Crippen molar-refractivity contribution in [3.05, 3.63) is 65.8 Å². The van der Waals surface area contributed by atoms with Gasteiger partial charge in [-0.15, -0.1) is 0 Å². The summed E-state index contributed by atoms with van der Waals surface area (Å²) in [4.78, 5) is 23.0. The maximum atomic E-state index is 12.7. The van der Waals surface area contributed by atoms with Crippen molar-refractivity contribution in [2.24, 2.45) is 0 Å². The fourth-order valence-corrected chi connectivity index (χ4v) is 3.50. The van der Waals surface area contributed by atoms with E-state index in [-0.39, 0.29) is 18.6 Å². The van der Waals surface area contributed by atoms with E-state index in [1.54, 1.807) is 12.4 Å². The molecule has 0 N–H and O–H groups in total. The van der Waals surface area contributed by atoms with Gasteiger partial charge in [0.05, 0.1) is 12.5 Å². The van der Waals surface area contributed by atoms with E-state index >= 15 is 0 Å². The second-order valence-corrected chi connectivity index (χ2v) is 7.27. The maximum absolute atomic E-state index is 12.7. The Hall–Kier alpha value is -3.06. The van der Waals surface area contributed by atoms with Gasteiger partial charge in [-0.05, 0) is 43.0 Å². The van der Waals surface area contributed by atoms with Crippen molar-refractivity contribution in [2.45, 2.75) is 38.9 Å². The normalized spacial score (nSPS) is 16.7. The highest BCUT2D eigenvalue weighted by atomic mass is 16.5. The van der Waals surface area contributed by atoms with Crippen LogP contribution in [0.2, 0.25) is 0 Å². The molecule has 7 heteroatoms. The minimum Gasteiger partial charge on any atom is -0.367 e. The van der Waals surface area contributed by atoms with Crippen LogP contribution < -0.4 is 0 Å². The maximum Gasteiger partial charge on any atom is 0.252 e. The summed E-state index contributed by atoms with van der Waals surface area (Å²) >= 11 is 0. The Kier molecular flexibility index (Phi) is 5.95. The number of amides is 1. The fraction of sp³-hybridized carbons (Fsp3) is 0.364. The monoisotopic (exact) mass is 392 g/mol. The molecule has 3 aromatic rings. The van der Waals surface area contributed by atoms with Crippen molar-refractivity contribution in [3.63, 3.8) is 0 Å². The summed E-state index contributed by atoms with van der Waals surface area (Å²) in [6.07, 6.45) is 5.62. The van der Waals surface area contributed by atoms with E-state index in [4.69, 9.17) is 9.26 Å². The van der Waals surface area contributed by atoms with Crippen LogP contribution in [0.25, 0.3) is 11.4 Å². The van der Waals surface area contributed by atoms with E-state index in [2.05, 4.69) is 15.1 Å². The molecule has 4 rings (SSSR count).